The van der Waals surface area contributed by atoms with Crippen LogP contribution < -0.4 is 5.32 Å². The lowest BCUT2D eigenvalue weighted by Gasteiger charge is -2.16. The van der Waals surface area contributed by atoms with E-state index in [-0.39, 0.29) is 12.6 Å². The van der Waals surface area contributed by atoms with E-state index in [2.05, 4.69) is 17.2 Å². The summed E-state index contributed by atoms with van der Waals surface area (Å²) >= 11 is 0. The van der Waals surface area contributed by atoms with Gasteiger partial charge >= 0.3 is 0 Å². The summed E-state index contributed by atoms with van der Waals surface area (Å²) in [6.45, 7) is 3.16. The van der Waals surface area contributed by atoms with E-state index in [1.165, 1.54) is 0 Å². The maximum Gasteiger partial charge on any atom is 0.0449 e. The molecular weight excluding hydrogens is 164 g/mol. The molecule has 72 valence electrons. The van der Waals surface area contributed by atoms with Gasteiger partial charge in [-0.05, 0) is 24.6 Å². The minimum atomic E-state index is 0.201. The topological polar surface area (TPSA) is 45.1 Å². The monoisotopic (exact) mass is 180 g/mol. The van der Waals surface area contributed by atoms with Crippen molar-refractivity contribution in [3.05, 3.63) is 30.1 Å². The van der Waals surface area contributed by atoms with Crippen LogP contribution in [0, 0.1) is 0 Å². The van der Waals surface area contributed by atoms with Crippen molar-refractivity contribution in [3.63, 3.8) is 0 Å². The third-order valence-corrected chi connectivity index (χ3v) is 1.96. The first-order valence-electron chi connectivity index (χ1n) is 4.62. The molecule has 0 amide bonds. The van der Waals surface area contributed by atoms with Crippen LogP contribution >= 0.6 is 0 Å². The van der Waals surface area contributed by atoms with Crippen molar-refractivity contribution >= 4 is 0 Å². The van der Waals surface area contributed by atoms with Gasteiger partial charge in [-0.2, -0.15) is 0 Å². The highest BCUT2D eigenvalue weighted by Crippen LogP contribution is 2.14. The number of hydrogen-bond acceptors (Lipinski definition) is 3. The molecule has 3 heteroatoms. The number of aliphatic hydroxyl groups is 1. The minimum absolute atomic E-state index is 0.201. The van der Waals surface area contributed by atoms with E-state index in [0.29, 0.717) is 0 Å². The fraction of sp³-hybridized carbons (Fsp3) is 0.500. The van der Waals surface area contributed by atoms with Crippen molar-refractivity contribution in [1.29, 1.82) is 0 Å². The van der Waals surface area contributed by atoms with E-state index >= 15 is 0 Å². The number of nitrogens with one attached hydrogen (secondary N) is 1. The molecular formula is C10H16N2O. The lowest BCUT2D eigenvalue weighted by molar-refractivity contribution is 0.266. The fourth-order valence-electron chi connectivity index (χ4n) is 1.34. The first kappa shape index (κ1) is 10.2. The van der Waals surface area contributed by atoms with Crippen LogP contribution in [0.25, 0.3) is 0 Å². The first-order valence-corrected chi connectivity index (χ1v) is 4.62. The molecule has 3 nitrogen and oxygen atoms in total. The van der Waals surface area contributed by atoms with Gasteiger partial charge in [0.05, 0.1) is 0 Å². The lowest BCUT2D eigenvalue weighted by Crippen LogP contribution is -2.21. The van der Waals surface area contributed by atoms with Crippen molar-refractivity contribution in [1.82, 2.24) is 10.3 Å². The molecule has 0 spiro atoms. The van der Waals surface area contributed by atoms with Gasteiger partial charge in [-0.1, -0.05) is 13.0 Å². The van der Waals surface area contributed by atoms with E-state index in [1.54, 1.807) is 6.20 Å². The predicted molar refractivity (Wildman–Crippen MR) is 52.4 cm³/mol. The normalized spacial score (nSPS) is 12.8. The summed E-state index contributed by atoms with van der Waals surface area (Å²) in [5, 5.41) is 12.2. The molecule has 0 aliphatic heterocycles. The minimum Gasteiger partial charge on any atom is -0.396 e. The zero-order valence-electron chi connectivity index (χ0n) is 7.90. The maximum atomic E-state index is 8.86. The molecule has 1 unspecified atom stereocenters. The van der Waals surface area contributed by atoms with Gasteiger partial charge in [-0.15, -0.1) is 0 Å². The Balaban J connectivity index is 2.64. The molecule has 1 heterocycles. The van der Waals surface area contributed by atoms with Crippen molar-refractivity contribution in [2.24, 2.45) is 0 Å². The van der Waals surface area contributed by atoms with Gasteiger partial charge in [0.2, 0.25) is 0 Å². The Morgan fingerprint density at radius 3 is 3.00 bits per heavy atom. The Bertz CT molecular complexity index is 220. The van der Waals surface area contributed by atoms with Crippen molar-refractivity contribution in [3.8, 4) is 0 Å². The summed E-state index contributed by atoms with van der Waals surface area (Å²) in [6, 6.07) is 4.16. The Hall–Kier alpha value is -0.930. The highest BCUT2D eigenvalue weighted by atomic mass is 16.3. The quantitative estimate of drug-likeness (QED) is 0.713. The van der Waals surface area contributed by atoms with Crippen LogP contribution in [-0.2, 0) is 0 Å². The van der Waals surface area contributed by atoms with Crippen LogP contribution in [-0.4, -0.2) is 23.2 Å². The number of rotatable bonds is 5. The largest absolute Gasteiger partial charge is 0.396 e. The molecule has 0 saturated carbocycles. The summed E-state index contributed by atoms with van der Waals surface area (Å²) in [5.41, 5.74) is 1.14. The molecule has 1 rings (SSSR count). The molecule has 0 aliphatic rings. The van der Waals surface area contributed by atoms with Gasteiger partial charge in [0.25, 0.3) is 0 Å². The molecule has 0 aromatic carbocycles. The Labute approximate surface area is 78.8 Å². The number of aliphatic hydroxyl groups excluding tert-OH is 1. The van der Waals surface area contributed by atoms with Gasteiger partial charge in [0, 0.05) is 25.0 Å². The van der Waals surface area contributed by atoms with Crippen molar-refractivity contribution < 1.29 is 5.11 Å². The molecule has 2 N–H and O–H groups in total. The van der Waals surface area contributed by atoms with Gasteiger partial charge < -0.3 is 10.4 Å². The number of pyridine rings is 1. The highest BCUT2D eigenvalue weighted by Gasteiger charge is 2.08. The average Bonchev–Trinajstić information content (AvgIpc) is 2.19. The Morgan fingerprint density at radius 2 is 2.46 bits per heavy atom. The average molecular weight is 180 g/mol. The van der Waals surface area contributed by atoms with Gasteiger partial charge in [-0.25, -0.2) is 0 Å². The molecule has 1 aromatic rings. The molecule has 0 bridgehead atoms. The summed E-state index contributed by atoms with van der Waals surface area (Å²) in [5.74, 6) is 0. The van der Waals surface area contributed by atoms with Crippen LogP contribution in [0.5, 0.6) is 0 Å². The van der Waals surface area contributed by atoms with Crippen LogP contribution in [0.15, 0.2) is 24.5 Å². The zero-order chi connectivity index (χ0) is 9.52. The van der Waals surface area contributed by atoms with E-state index in [0.717, 1.165) is 18.5 Å². The Kier molecular flexibility index (Phi) is 4.43. The van der Waals surface area contributed by atoms with E-state index in [9.17, 15) is 0 Å². The number of nitrogens with zero attached hydrogens (tertiary/aromatic N) is 1. The summed E-state index contributed by atoms with van der Waals surface area (Å²) in [4.78, 5) is 4.05. The highest BCUT2D eigenvalue weighted by molar-refractivity contribution is 5.13. The summed E-state index contributed by atoms with van der Waals surface area (Å²) in [7, 11) is 0. The van der Waals surface area contributed by atoms with Crippen LogP contribution in [0.1, 0.15) is 24.9 Å². The SMILES string of the molecule is CCNC(CCO)c1cccnc1. The van der Waals surface area contributed by atoms with Crippen molar-refractivity contribution in [2.45, 2.75) is 19.4 Å². The molecule has 13 heavy (non-hydrogen) atoms. The van der Waals surface area contributed by atoms with Gasteiger partial charge in [0.15, 0.2) is 0 Å². The third kappa shape index (κ3) is 3.13. The van der Waals surface area contributed by atoms with Crippen molar-refractivity contribution in [2.75, 3.05) is 13.2 Å². The van der Waals surface area contributed by atoms with Crippen LogP contribution in [0.2, 0.25) is 0 Å². The predicted octanol–water partition coefficient (Wildman–Crippen LogP) is 1.11. The fourth-order valence-corrected chi connectivity index (χ4v) is 1.34. The third-order valence-electron chi connectivity index (χ3n) is 1.96. The maximum absolute atomic E-state index is 8.86. The molecule has 0 radical (unpaired) electrons. The number of aromatic nitrogens is 1. The van der Waals surface area contributed by atoms with Gasteiger partial charge in [-0.3, -0.25) is 4.98 Å². The Morgan fingerprint density at radius 1 is 1.62 bits per heavy atom. The molecule has 0 fully saturated rings. The first-order chi connectivity index (χ1) is 6.38. The second-order valence-corrected chi connectivity index (χ2v) is 2.91. The lowest BCUT2D eigenvalue weighted by atomic mass is 10.1. The van der Waals surface area contributed by atoms with Gasteiger partial charge in [0.1, 0.15) is 0 Å². The molecule has 0 aliphatic carbocycles. The molecule has 1 aromatic heterocycles. The standard InChI is InChI=1S/C10H16N2O/c1-2-12-10(5-7-13)9-4-3-6-11-8-9/h3-4,6,8,10,12-13H,2,5,7H2,1H3. The van der Waals surface area contributed by atoms with Crippen LogP contribution in [0.3, 0.4) is 0 Å². The van der Waals surface area contributed by atoms with Crippen LogP contribution in [0.4, 0.5) is 0 Å². The number of hydrogen-bond donors (Lipinski definition) is 2. The van der Waals surface area contributed by atoms with E-state index in [1.807, 2.05) is 18.3 Å². The molecule has 0 saturated heterocycles. The van der Waals surface area contributed by atoms with E-state index < -0.39 is 0 Å². The van der Waals surface area contributed by atoms with E-state index in [4.69, 9.17) is 5.11 Å². The summed E-state index contributed by atoms with van der Waals surface area (Å²) < 4.78 is 0. The second-order valence-electron chi connectivity index (χ2n) is 2.91. The summed E-state index contributed by atoms with van der Waals surface area (Å²) in [6.07, 6.45) is 4.33. The zero-order valence-corrected chi connectivity index (χ0v) is 7.90. The second kappa shape index (κ2) is 5.67. The smallest absolute Gasteiger partial charge is 0.0449 e. The molecule has 1 atom stereocenters.